The monoisotopic (exact) mass is 325 g/mol. The number of aromatic nitrogens is 2. The van der Waals surface area contributed by atoms with Crippen LogP contribution in [0.15, 0.2) is 35.1 Å². The molecule has 1 amide bonds. The van der Waals surface area contributed by atoms with Crippen LogP contribution in [-0.2, 0) is 0 Å². The Labute approximate surface area is 142 Å². The van der Waals surface area contributed by atoms with Gasteiger partial charge < -0.3 is 9.42 Å². The lowest BCUT2D eigenvalue weighted by atomic mass is 9.65. The Morgan fingerprint density at radius 1 is 1.33 bits per heavy atom. The number of carbonyl (C=O) groups excluding carboxylic acids is 1. The van der Waals surface area contributed by atoms with Crippen LogP contribution in [0, 0.1) is 10.8 Å². The van der Waals surface area contributed by atoms with Crippen molar-refractivity contribution in [1.29, 1.82) is 0 Å². The number of amides is 1. The molecule has 0 unspecified atom stereocenters. The topological polar surface area (TPSA) is 59.2 Å². The van der Waals surface area contributed by atoms with Crippen molar-refractivity contribution < 1.29 is 9.32 Å². The quantitative estimate of drug-likeness (QED) is 0.843. The summed E-state index contributed by atoms with van der Waals surface area (Å²) in [6.45, 7) is 7.73. The molecule has 0 radical (unpaired) electrons. The second-order valence-corrected chi connectivity index (χ2v) is 8.46. The first kappa shape index (κ1) is 15.4. The smallest absolute Gasteiger partial charge is 0.276 e. The molecule has 1 saturated carbocycles. The number of hydrogen-bond acceptors (Lipinski definition) is 4. The van der Waals surface area contributed by atoms with E-state index in [1.165, 1.54) is 6.42 Å². The average Bonchev–Trinajstić information content (AvgIpc) is 3.09. The lowest BCUT2D eigenvalue weighted by Gasteiger charge is -2.39. The number of hydrogen-bond donors (Lipinski definition) is 0. The zero-order valence-corrected chi connectivity index (χ0v) is 14.5. The van der Waals surface area contributed by atoms with Crippen molar-refractivity contribution in [3.05, 3.63) is 36.3 Å². The van der Waals surface area contributed by atoms with Crippen LogP contribution in [0.5, 0.6) is 0 Å². The second kappa shape index (κ2) is 5.16. The van der Waals surface area contributed by atoms with Gasteiger partial charge in [-0.1, -0.05) is 25.9 Å². The van der Waals surface area contributed by atoms with Crippen molar-refractivity contribution in [2.75, 3.05) is 6.54 Å². The van der Waals surface area contributed by atoms with Crippen molar-refractivity contribution in [1.82, 2.24) is 15.0 Å². The van der Waals surface area contributed by atoms with E-state index in [2.05, 4.69) is 30.9 Å². The van der Waals surface area contributed by atoms with Crippen LogP contribution < -0.4 is 0 Å². The number of fused-ring (bicyclic) bond motifs is 2. The predicted molar refractivity (Wildman–Crippen MR) is 90.3 cm³/mol. The van der Waals surface area contributed by atoms with E-state index in [-0.39, 0.29) is 16.7 Å². The van der Waals surface area contributed by atoms with Crippen LogP contribution in [0.3, 0.4) is 0 Å². The van der Waals surface area contributed by atoms with Crippen LogP contribution in [0.4, 0.5) is 0 Å². The number of nitrogens with zero attached hydrogens (tertiary/aromatic N) is 3. The minimum atomic E-state index is -0.0136. The third-order valence-electron chi connectivity index (χ3n) is 5.35. The molecule has 4 rings (SSSR count). The van der Waals surface area contributed by atoms with Gasteiger partial charge in [0.15, 0.2) is 11.5 Å². The molecule has 5 heteroatoms. The van der Waals surface area contributed by atoms with Crippen molar-refractivity contribution in [3.63, 3.8) is 0 Å². The lowest BCUT2D eigenvalue weighted by Crippen LogP contribution is -2.37. The molecule has 2 atom stereocenters. The third kappa shape index (κ3) is 2.62. The minimum Gasteiger partial charge on any atom is -0.355 e. The highest BCUT2D eigenvalue weighted by Crippen LogP contribution is 2.52. The van der Waals surface area contributed by atoms with Crippen LogP contribution in [0.1, 0.15) is 50.5 Å². The van der Waals surface area contributed by atoms with E-state index in [0.29, 0.717) is 17.5 Å². The highest BCUT2D eigenvalue weighted by atomic mass is 16.5. The number of pyridine rings is 1. The normalized spacial score (nSPS) is 28.1. The van der Waals surface area contributed by atoms with E-state index >= 15 is 0 Å². The molecule has 5 nitrogen and oxygen atoms in total. The van der Waals surface area contributed by atoms with Crippen LogP contribution in [0.25, 0.3) is 11.3 Å². The number of likely N-dealkylation sites (tertiary alicyclic amines) is 1. The number of rotatable bonds is 2. The molecular weight excluding hydrogens is 302 g/mol. The molecule has 0 N–H and O–H groups in total. The van der Waals surface area contributed by atoms with Gasteiger partial charge in [0.05, 0.1) is 0 Å². The standard InChI is InChI=1S/C19H23N3O2/c1-18(2)8-14-9-19(3,11-18)12-22(14)17(23)15-7-16(24-21-15)13-5-4-6-20-10-13/h4-7,10,14H,8-9,11-12H2,1-3H3/t14-,19-/m1/s1. The largest absolute Gasteiger partial charge is 0.355 e. The van der Waals surface area contributed by atoms with E-state index in [4.69, 9.17) is 4.52 Å². The predicted octanol–water partition coefficient (Wildman–Crippen LogP) is 3.78. The minimum absolute atomic E-state index is 0.0136. The SMILES string of the molecule is CC1(C)C[C@@H]2C[C@@](C)(CN2C(=O)c2cc(-c3cccnc3)on2)C1. The fourth-order valence-corrected chi connectivity index (χ4v) is 4.87. The first-order valence-corrected chi connectivity index (χ1v) is 8.53. The van der Waals surface area contributed by atoms with Crippen LogP contribution in [0.2, 0.25) is 0 Å². The van der Waals surface area contributed by atoms with Crippen LogP contribution >= 0.6 is 0 Å². The van der Waals surface area contributed by atoms with E-state index in [1.54, 1.807) is 18.5 Å². The van der Waals surface area contributed by atoms with E-state index in [1.807, 2.05) is 17.0 Å². The van der Waals surface area contributed by atoms with E-state index in [9.17, 15) is 4.79 Å². The molecule has 0 spiro atoms. The summed E-state index contributed by atoms with van der Waals surface area (Å²) in [5, 5.41) is 4.02. The summed E-state index contributed by atoms with van der Waals surface area (Å²) in [6.07, 6.45) is 6.73. The fourth-order valence-electron chi connectivity index (χ4n) is 4.87. The molecule has 24 heavy (non-hydrogen) atoms. The molecular formula is C19H23N3O2. The van der Waals surface area contributed by atoms with Gasteiger partial charge >= 0.3 is 0 Å². The van der Waals surface area contributed by atoms with Gasteiger partial charge in [-0.25, -0.2) is 0 Å². The number of carbonyl (C=O) groups is 1. The summed E-state index contributed by atoms with van der Waals surface area (Å²) in [6, 6.07) is 5.78. The Morgan fingerprint density at radius 2 is 2.17 bits per heavy atom. The molecule has 1 aliphatic carbocycles. The first-order valence-electron chi connectivity index (χ1n) is 8.53. The molecule has 0 aromatic carbocycles. The maximum Gasteiger partial charge on any atom is 0.276 e. The highest BCUT2D eigenvalue weighted by Gasteiger charge is 2.51. The Bertz CT molecular complexity index is 768. The molecule has 1 aliphatic heterocycles. The molecule has 3 heterocycles. The van der Waals surface area contributed by atoms with Gasteiger partial charge in [-0.15, -0.1) is 0 Å². The Hall–Kier alpha value is -2.17. The molecule has 2 aromatic heterocycles. The summed E-state index contributed by atoms with van der Waals surface area (Å²) in [5.41, 5.74) is 1.73. The Morgan fingerprint density at radius 3 is 2.92 bits per heavy atom. The summed E-state index contributed by atoms with van der Waals surface area (Å²) in [5.74, 6) is 0.570. The lowest BCUT2D eigenvalue weighted by molar-refractivity contribution is 0.0698. The van der Waals surface area contributed by atoms with Gasteiger partial charge in [-0.05, 0) is 42.2 Å². The molecule has 2 aliphatic rings. The molecule has 2 aromatic rings. The zero-order valence-electron chi connectivity index (χ0n) is 14.5. The Kier molecular flexibility index (Phi) is 3.31. The molecule has 126 valence electrons. The van der Waals surface area contributed by atoms with Crippen molar-refractivity contribution in [3.8, 4) is 11.3 Å². The summed E-state index contributed by atoms with van der Waals surface area (Å²) in [4.78, 5) is 19.1. The third-order valence-corrected chi connectivity index (χ3v) is 5.35. The fraction of sp³-hybridized carbons (Fsp3) is 0.526. The molecule has 1 saturated heterocycles. The van der Waals surface area contributed by atoms with Crippen molar-refractivity contribution in [2.24, 2.45) is 10.8 Å². The van der Waals surface area contributed by atoms with Crippen molar-refractivity contribution >= 4 is 5.91 Å². The maximum atomic E-state index is 13.0. The van der Waals surface area contributed by atoms with Gasteiger partial charge in [0, 0.05) is 36.6 Å². The maximum absolute atomic E-state index is 13.0. The Balaban J connectivity index is 1.58. The van der Waals surface area contributed by atoms with Crippen molar-refractivity contribution in [2.45, 2.75) is 46.1 Å². The van der Waals surface area contributed by atoms with Gasteiger partial charge in [0.2, 0.25) is 0 Å². The molecule has 2 fully saturated rings. The van der Waals surface area contributed by atoms with E-state index in [0.717, 1.165) is 24.9 Å². The first-order chi connectivity index (χ1) is 11.4. The van der Waals surface area contributed by atoms with Gasteiger partial charge in [-0.3, -0.25) is 9.78 Å². The van der Waals surface area contributed by atoms with Crippen LogP contribution in [-0.4, -0.2) is 33.5 Å². The summed E-state index contributed by atoms with van der Waals surface area (Å²) < 4.78 is 5.37. The molecule has 2 bridgehead atoms. The summed E-state index contributed by atoms with van der Waals surface area (Å²) >= 11 is 0. The summed E-state index contributed by atoms with van der Waals surface area (Å²) in [7, 11) is 0. The van der Waals surface area contributed by atoms with Gasteiger partial charge in [0.25, 0.3) is 5.91 Å². The second-order valence-electron chi connectivity index (χ2n) is 8.46. The average molecular weight is 325 g/mol. The highest BCUT2D eigenvalue weighted by molar-refractivity contribution is 5.93. The van der Waals surface area contributed by atoms with E-state index < -0.39 is 0 Å². The van der Waals surface area contributed by atoms with Gasteiger partial charge in [-0.2, -0.15) is 0 Å². The van der Waals surface area contributed by atoms with Gasteiger partial charge in [0.1, 0.15) is 0 Å². The zero-order chi connectivity index (χ0) is 16.9.